The van der Waals surface area contributed by atoms with Crippen molar-refractivity contribution in [3.8, 4) is 0 Å². The van der Waals surface area contributed by atoms with Crippen molar-refractivity contribution in [3.05, 3.63) is 61.5 Å². The van der Waals surface area contributed by atoms with Crippen LogP contribution < -0.4 is 11.3 Å². The number of primary amides is 1. The first-order valence-electron chi connectivity index (χ1n) is 9.62. The highest BCUT2D eigenvalue weighted by atomic mass is 35.5. The lowest BCUT2D eigenvalue weighted by atomic mass is 10.0. The number of hydrogen-bond acceptors (Lipinski definition) is 5. The number of likely N-dealkylation sites (tertiary alicyclic amines) is 1. The molecule has 0 unspecified atom stereocenters. The Hall–Kier alpha value is -2.22. The van der Waals surface area contributed by atoms with E-state index in [1.165, 1.54) is 11.3 Å². The molecule has 3 aromatic rings. The van der Waals surface area contributed by atoms with Crippen LogP contribution in [0.4, 0.5) is 0 Å². The molecule has 1 saturated heterocycles. The fourth-order valence-corrected chi connectivity index (χ4v) is 5.31. The zero-order valence-corrected chi connectivity index (χ0v) is 18.0. The summed E-state index contributed by atoms with van der Waals surface area (Å²) in [6.45, 7) is 3.64. The van der Waals surface area contributed by atoms with Gasteiger partial charge in [-0.3, -0.25) is 14.2 Å². The Morgan fingerprint density at radius 3 is 2.72 bits per heavy atom. The molecule has 4 rings (SSSR count). The number of thiophene rings is 1. The van der Waals surface area contributed by atoms with Gasteiger partial charge in [0, 0.05) is 17.5 Å². The lowest BCUT2D eigenvalue weighted by molar-refractivity contribution is 0.100. The molecule has 0 bridgehead atoms. The lowest BCUT2D eigenvalue weighted by Crippen LogP contribution is -2.37. The number of benzene rings is 1. The predicted octanol–water partition coefficient (Wildman–Crippen LogP) is 3.38. The molecule has 2 N–H and O–H groups in total. The smallest absolute Gasteiger partial charge is 0.262 e. The molecule has 0 spiro atoms. The molecule has 0 aliphatic carbocycles. The molecule has 1 amide bonds. The number of piperidine rings is 1. The summed E-state index contributed by atoms with van der Waals surface area (Å²) in [4.78, 5) is 33.5. The van der Waals surface area contributed by atoms with Crippen LogP contribution in [0.1, 0.15) is 45.5 Å². The summed E-state index contributed by atoms with van der Waals surface area (Å²) in [5.41, 5.74) is 7.06. The van der Waals surface area contributed by atoms with E-state index in [0.29, 0.717) is 37.9 Å². The molecule has 1 fully saturated rings. The number of nitrogens with zero attached hydrogens (tertiary/aromatic N) is 3. The predicted molar refractivity (Wildman–Crippen MR) is 117 cm³/mol. The van der Waals surface area contributed by atoms with Crippen LogP contribution in [-0.4, -0.2) is 40.5 Å². The normalized spacial score (nSPS) is 15.8. The molecular weight excluding hydrogens is 408 g/mol. The topological polar surface area (TPSA) is 81.2 Å². The van der Waals surface area contributed by atoms with Gasteiger partial charge in [0.15, 0.2) is 0 Å². The van der Waals surface area contributed by atoms with Crippen LogP contribution in [-0.2, 0) is 6.42 Å². The minimum absolute atomic E-state index is 0.0807. The molecule has 0 saturated carbocycles. The molecule has 1 aromatic carbocycles. The average molecular weight is 431 g/mol. The Labute approximate surface area is 177 Å². The fourth-order valence-electron chi connectivity index (χ4n) is 4.06. The van der Waals surface area contributed by atoms with Crippen LogP contribution in [0.2, 0.25) is 5.02 Å². The highest BCUT2D eigenvalue weighted by Gasteiger charge is 2.26. The summed E-state index contributed by atoms with van der Waals surface area (Å²) >= 11 is 7.35. The first-order valence-corrected chi connectivity index (χ1v) is 10.8. The van der Waals surface area contributed by atoms with Crippen molar-refractivity contribution in [2.24, 2.45) is 5.73 Å². The molecule has 152 valence electrons. The lowest BCUT2D eigenvalue weighted by Gasteiger charge is -2.31. The number of aromatic nitrogens is 2. The number of nitrogens with two attached hydrogens (primary N) is 1. The monoisotopic (exact) mass is 430 g/mol. The van der Waals surface area contributed by atoms with Crippen LogP contribution in [0.25, 0.3) is 10.2 Å². The van der Waals surface area contributed by atoms with E-state index < -0.39 is 5.91 Å². The molecular formula is C21H23ClN4O2S. The second kappa shape index (κ2) is 7.89. The summed E-state index contributed by atoms with van der Waals surface area (Å²) in [6.07, 6.45) is 2.27. The van der Waals surface area contributed by atoms with Crippen LogP contribution in [0, 0.1) is 6.92 Å². The van der Waals surface area contributed by atoms with Gasteiger partial charge in [-0.25, -0.2) is 4.98 Å². The minimum Gasteiger partial charge on any atom is -0.365 e. The summed E-state index contributed by atoms with van der Waals surface area (Å²) in [7, 11) is 2.09. The largest absolute Gasteiger partial charge is 0.365 e. The Kier molecular flexibility index (Phi) is 5.46. The van der Waals surface area contributed by atoms with Gasteiger partial charge in [0.05, 0.1) is 10.3 Å². The molecule has 29 heavy (non-hydrogen) atoms. The maximum Gasteiger partial charge on any atom is 0.262 e. The number of aryl methyl sites for hydroxylation is 1. The Morgan fingerprint density at radius 2 is 2.07 bits per heavy atom. The van der Waals surface area contributed by atoms with E-state index in [4.69, 9.17) is 22.3 Å². The number of carbonyl (C=O) groups excluding carboxylic acids is 1. The number of hydrogen-bond donors (Lipinski definition) is 1. The zero-order valence-electron chi connectivity index (χ0n) is 16.4. The Balaban J connectivity index is 1.90. The standard InChI is InChI=1S/C21H23ClN4O2S/c1-12-17-20(29-18(12)19(23)27)24-16(11-13-4-3-5-14(22)10-13)26(21(17)28)15-6-8-25(2)9-7-15/h3-5,10,15H,6-9,11H2,1-2H3,(H2,23,27). The van der Waals surface area contributed by atoms with E-state index in [1.807, 2.05) is 28.8 Å². The number of halogens is 1. The second-order valence-electron chi connectivity index (χ2n) is 7.64. The van der Waals surface area contributed by atoms with E-state index in [9.17, 15) is 9.59 Å². The van der Waals surface area contributed by atoms with Crippen molar-refractivity contribution in [1.29, 1.82) is 0 Å². The van der Waals surface area contributed by atoms with E-state index in [2.05, 4.69) is 11.9 Å². The second-order valence-corrected chi connectivity index (χ2v) is 9.08. The van der Waals surface area contributed by atoms with Crippen molar-refractivity contribution in [3.63, 3.8) is 0 Å². The van der Waals surface area contributed by atoms with Gasteiger partial charge in [0.2, 0.25) is 0 Å². The van der Waals surface area contributed by atoms with E-state index in [-0.39, 0.29) is 11.6 Å². The van der Waals surface area contributed by atoms with Crippen LogP contribution >= 0.6 is 22.9 Å². The highest BCUT2D eigenvalue weighted by Crippen LogP contribution is 2.30. The third-order valence-corrected chi connectivity index (χ3v) is 7.03. The number of carbonyl (C=O) groups is 1. The maximum absolute atomic E-state index is 13.6. The Bertz CT molecular complexity index is 1150. The van der Waals surface area contributed by atoms with Crippen molar-refractivity contribution in [2.45, 2.75) is 32.2 Å². The van der Waals surface area contributed by atoms with Crippen molar-refractivity contribution >= 4 is 39.1 Å². The third kappa shape index (κ3) is 3.82. The minimum atomic E-state index is -0.521. The first-order chi connectivity index (χ1) is 13.8. The van der Waals surface area contributed by atoms with Gasteiger partial charge in [-0.15, -0.1) is 11.3 Å². The fraction of sp³-hybridized carbons (Fsp3) is 0.381. The van der Waals surface area contributed by atoms with E-state index >= 15 is 0 Å². The molecule has 2 aromatic heterocycles. The first kappa shape index (κ1) is 20.1. The summed E-state index contributed by atoms with van der Waals surface area (Å²) in [5, 5.41) is 1.16. The number of fused-ring (bicyclic) bond motifs is 1. The van der Waals surface area contributed by atoms with Crippen LogP contribution in [0.5, 0.6) is 0 Å². The number of amides is 1. The average Bonchev–Trinajstić information content (AvgIpc) is 3.00. The van der Waals surface area contributed by atoms with Gasteiger partial charge in [0.1, 0.15) is 10.7 Å². The van der Waals surface area contributed by atoms with Crippen molar-refractivity contribution in [1.82, 2.24) is 14.5 Å². The van der Waals surface area contributed by atoms with Gasteiger partial charge in [-0.05, 0) is 63.2 Å². The molecule has 0 atom stereocenters. The van der Waals surface area contributed by atoms with Crippen LogP contribution in [0.15, 0.2) is 29.1 Å². The molecule has 3 heterocycles. The van der Waals surface area contributed by atoms with E-state index in [0.717, 1.165) is 31.5 Å². The van der Waals surface area contributed by atoms with Crippen LogP contribution in [0.3, 0.4) is 0 Å². The zero-order chi connectivity index (χ0) is 20.7. The molecule has 1 aliphatic heterocycles. The maximum atomic E-state index is 13.6. The van der Waals surface area contributed by atoms with Gasteiger partial charge < -0.3 is 10.6 Å². The van der Waals surface area contributed by atoms with Crippen molar-refractivity contribution in [2.75, 3.05) is 20.1 Å². The van der Waals surface area contributed by atoms with Gasteiger partial charge in [0.25, 0.3) is 11.5 Å². The SMILES string of the molecule is Cc1c(C(N)=O)sc2nc(Cc3cccc(Cl)c3)n(C3CCN(C)CC3)c(=O)c12. The van der Waals surface area contributed by atoms with E-state index in [1.54, 1.807) is 6.92 Å². The third-order valence-electron chi connectivity index (χ3n) is 5.60. The molecule has 6 nitrogen and oxygen atoms in total. The molecule has 0 radical (unpaired) electrons. The van der Waals surface area contributed by atoms with Crippen molar-refractivity contribution < 1.29 is 4.79 Å². The Morgan fingerprint density at radius 1 is 1.34 bits per heavy atom. The quantitative estimate of drug-likeness (QED) is 0.688. The molecule has 8 heteroatoms. The number of rotatable bonds is 4. The van der Waals surface area contributed by atoms with Gasteiger partial charge in [-0.2, -0.15) is 0 Å². The van der Waals surface area contributed by atoms with Gasteiger partial charge >= 0.3 is 0 Å². The summed E-state index contributed by atoms with van der Waals surface area (Å²) < 4.78 is 1.85. The summed E-state index contributed by atoms with van der Waals surface area (Å²) in [6, 6.07) is 7.68. The van der Waals surface area contributed by atoms with Gasteiger partial charge in [-0.1, -0.05) is 23.7 Å². The summed E-state index contributed by atoms with van der Waals surface area (Å²) in [5.74, 6) is 0.184. The molecule has 1 aliphatic rings. The highest BCUT2D eigenvalue weighted by molar-refractivity contribution is 7.20.